The summed E-state index contributed by atoms with van der Waals surface area (Å²) in [6.45, 7) is 3.61. The summed E-state index contributed by atoms with van der Waals surface area (Å²) in [4.78, 5) is 11.4. The lowest BCUT2D eigenvalue weighted by atomic mass is 10.1. The van der Waals surface area contributed by atoms with Crippen LogP contribution in [0.4, 0.5) is 4.39 Å². The van der Waals surface area contributed by atoms with Crippen molar-refractivity contribution in [2.75, 3.05) is 0 Å². The van der Waals surface area contributed by atoms with Gasteiger partial charge in [0.25, 0.3) is 0 Å². The Morgan fingerprint density at radius 3 is 2.80 bits per heavy atom. The fourth-order valence-electron chi connectivity index (χ4n) is 1.54. The van der Waals surface area contributed by atoms with E-state index in [2.05, 4.69) is 0 Å². The maximum Gasteiger partial charge on any atom is 0.197 e. The van der Waals surface area contributed by atoms with Gasteiger partial charge in [-0.25, -0.2) is 4.39 Å². The Morgan fingerprint density at radius 1 is 1.47 bits per heavy atom. The van der Waals surface area contributed by atoms with Gasteiger partial charge >= 0.3 is 0 Å². The largest absolute Gasteiger partial charge is 0.450 e. The molecule has 0 aliphatic rings. The Hall–Kier alpha value is -1.64. The summed E-state index contributed by atoms with van der Waals surface area (Å²) in [5, 5.41) is 0.673. The number of hydrogen-bond donors (Lipinski definition) is 0. The normalized spacial score (nSPS) is 10.9. The SMILES string of the molecule is CCC(=O)c1cc2c(C)ccc(F)c2o1. The summed E-state index contributed by atoms with van der Waals surface area (Å²) in [6, 6.07) is 4.63. The van der Waals surface area contributed by atoms with E-state index in [9.17, 15) is 9.18 Å². The third-order valence-electron chi connectivity index (χ3n) is 2.45. The van der Waals surface area contributed by atoms with Crippen LogP contribution in [0.3, 0.4) is 0 Å². The van der Waals surface area contributed by atoms with Gasteiger partial charge in [-0.1, -0.05) is 13.0 Å². The molecule has 0 saturated heterocycles. The quantitative estimate of drug-likeness (QED) is 0.704. The summed E-state index contributed by atoms with van der Waals surface area (Å²) in [5.74, 6) is -0.295. The van der Waals surface area contributed by atoms with Crippen molar-refractivity contribution in [2.45, 2.75) is 20.3 Å². The average molecular weight is 206 g/mol. The number of rotatable bonds is 2. The van der Waals surface area contributed by atoms with E-state index in [1.54, 1.807) is 19.1 Å². The first-order chi connectivity index (χ1) is 7.13. The first-order valence-corrected chi connectivity index (χ1v) is 4.85. The van der Waals surface area contributed by atoms with Crippen molar-refractivity contribution in [3.05, 3.63) is 35.3 Å². The second-order valence-corrected chi connectivity index (χ2v) is 3.49. The Bertz CT molecular complexity index is 487. The van der Waals surface area contributed by atoms with Gasteiger partial charge in [-0.15, -0.1) is 0 Å². The summed E-state index contributed by atoms with van der Waals surface area (Å²) in [6.07, 6.45) is 0.362. The number of Topliss-reactive ketones (excluding diaryl/α,β-unsaturated/α-hetero) is 1. The van der Waals surface area contributed by atoms with Crippen molar-refractivity contribution in [3.8, 4) is 0 Å². The van der Waals surface area contributed by atoms with Crippen LogP contribution in [0.1, 0.15) is 29.5 Å². The number of fused-ring (bicyclic) bond motifs is 1. The van der Waals surface area contributed by atoms with Crippen LogP contribution >= 0.6 is 0 Å². The van der Waals surface area contributed by atoms with Crippen molar-refractivity contribution in [3.63, 3.8) is 0 Å². The molecule has 0 aliphatic carbocycles. The highest BCUT2D eigenvalue weighted by atomic mass is 19.1. The van der Waals surface area contributed by atoms with E-state index in [1.165, 1.54) is 6.07 Å². The number of carbonyl (C=O) groups excluding carboxylic acids is 1. The lowest BCUT2D eigenvalue weighted by Gasteiger charge is -1.93. The number of halogens is 1. The fourth-order valence-corrected chi connectivity index (χ4v) is 1.54. The molecule has 1 aromatic heterocycles. The molecular weight excluding hydrogens is 195 g/mol. The lowest BCUT2D eigenvalue weighted by Crippen LogP contribution is -1.92. The molecule has 0 aliphatic heterocycles. The minimum Gasteiger partial charge on any atom is -0.450 e. The second-order valence-electron chi connectivity index (χ2n) is 3.49. The summed E-state index contributed by atoms with van der Waals surface area (Å²) < 4.78 is 18.5. The Kier molecular flexibility index (Phi) is 2.31. The highest BCUT2D eigenvalue weighted by molar-refractivity contribution is 5.98. The topological polar surface area (TPSA) is 30.2 Å². The van der Waals surface area contributed by atoms with Crippen molar-refractivity contribution < 1.29 is 13.6 Å². The number of hydrogen-bond acceptors (Lipinski definition) is 2. The van der Waals surface area contributed by atoms with E-state index in [4.69, 9.17) is 4.42 Å². The van der Waals surface area contributed by atoms with Gasteiger partial charge in [0.1, 0.15) is 0 Å². The molecule has 0 amide bonds. The first kappa shape index (κ1) is 9.90. The molecule has 78 valence electrons. The van der Waals surface area contributed by atoms with Gasteiger partial charge in [0.15, 0.2) is 22.9 Å². The van der Waals surface area contributed by atoms with Crippen LogP contribution in [0.5, 0.6) is 0 Å². The van der Waals surface area contributed by atoms with E-state index in [1.807, 2.05) is 6.92 Å². The maximum atomic E-state index is 13.3. The average Bonchev–Trinajstić information content (AvgIpc) is 2.68. The van der Waals surface area contributed by atoms with Crippen molar-refractivity contribution in [1.29, 1.82) is 0 Å². The highest BCUT2D eigenvalue weighted by Crippen LogP contribution is 2.25. The van der Waals surface area contributed by atoms with E-state index < -0.39 is 5.82 Å². The van der Waals surface area contributed by atoms with Crippen LogP contribution < -0.4 is 0 Å². The monoisotopic (exact) mass is 206 g/mol. The molecule has 0 saturated carbocycles. The van der Waals surface area contributed by atoms with Gasteiger partial charge in [0.2, 0.25) is 0 Å². The third kappa shape index (κ3) is 1.54. The number of aryl methyl sites for hydroxylation is 1. The van der Waals surface area contributed by atoms with Gasteiger partial charge in [-0.3, -0.25) is 4.79 Å². The molecule has 2 rings (SSSR count). The Balaban J connectivity index is 2.70. The molecule has 0 radical (unpaired) electrons. The molecule has 15 heavy (non-hydrogen) atoms. The molecule has 2 aromatic rings. The predicted octanol–water partition coefficient (Wildman–Crippen LogP) is 3.47. The highest BCUT2D eigenvalue weighted by Gasteiger charge is 2.14. The smallest absolute Gasteiger partial charge is 0.197 e. The van der Waals surface area contributed by atoms with E-state index >= 15 is 0 Å². The Morgan fingerprint density at radius 2 is 2.20 bits per heavy atom. The number of ketones is 1. The molecule has 0 N–H and O–H groups in total. The Labute approximate surface area is 86.7 Å². The minimum absolute atomic E-state index is 0.106. The van der Waals surface area contributed by atoms with Gasteiger partial charge in [0.05, 0.1) is 0 Å². The van der Waals surface area contributed by atoms with Crippen molar-refractivity contribution in [2.24, 2.45) is 0 Å². The molecule has 1 heterocycles. The van der Waals surface area contributed by atoms with E-state index in [0.717, 1.165) is 5.56 Å². The zero-order valence-electron chi connectivity index (χ0n) is 8.63. The van der Waals surface area contributed by atoms with Gasteiger partial charge in [-0.05, 0) is 24.6 Å². The zero-order chi connectivity index (χ0) is 11.0. The zero-order valence-corrected chi connectivity index (χ0v) is 8.63. The number of benzene rings is 1. The number of carbonyl (C=O) groups is 1. The van der Waals surface area contributed by atoms with Crippen molar-refractivity contribution in [1.82, 2.24) is 0 Å². The van der Waals surface area contributed by atoms with Crippen LogP contribution in [0.2, 0.25) is 0 Å². The van der Waals surface area contributed by atoms with Crippen molar-refractivity contribution >= 4 is 16.8 Å². The van der Waals surface area contributed by atoms with E-state index in [-0.39, 0.29) is 17.1 Å². The molecule has 0 spiro atoms. The molecule has 0 bridgehead atoms. The molecule has 0 atom stereocenters. The summed E-state index contributed by atoms with van der Waals surface area (Å²) in [5.41, 5.74) is 1.08. The lowest BCUT2D eigenvalue weighted by molar-refractivity contribution is 0.0963. The van der Waals surface area contributed by atoms with Crippen LogP contribution in [-0.4, -0.2) is 5.78 Å². The molecule has 1 aromatic carbocycles. The summed E-state index contributed by atoms with van der Waals surface area (Å²) >= 11 is 0. The minimum atomic E-state index is -0.425. The third-order valence-corrected chi connectivity index (χ3v) is 2.45. The van der Waals surface area contributed by atoms with Crippen LogP contribution in [-0.2, 0) is 0 Å². The predicted molar refractivity (Wildman–Crippen MR) is 55.5 cm³/mol. The van der Waals surface area contributed by atoms with Gasteiger partial charge in [-0.2, -0.15) is 0 Å². The molecule has 3 heteroatoms. The van der Waals surface area contributed by atoms with Crippen LogP contribution in [0.25, 0.3) is 11.0 Å². The standard InChI is InChI=1S/C12H11FO2/c1-3-10(14)11-6-8-7(2)4-5-9(13)12(8)15-11/h4-6H,3H2,1-2H3. The van der Waals surface area contributed by atoms with Crippen LogP contribution in [0.15, 0.2) is 22.6 Å². The fraction of sp³-hybridized carbons (Fsp3) is 0.250. The molecule has 0 unspecified atom stereocenters. The summed E-state index contributed by atoms with van der Waals surface area (Å²) in [7, 11) is 0. The van der Waals surface area contributed by atoms with E-state index in [0.29, 0.717) is 11.8 Å². The molecular formula is C12H11FO2. The second kappa shape index (κ2) is 3.50. The number of furan rings is 1. The van der Waals surface area contributed by atoms with Gasteiger partial charge in [0, 0.05) is 11.8 Å². The molecule has 0 fully saturated rings. The first-order valence-electron chi connectivity index (χ1n) is 4.85. The maximum absolute atomic E-state index is 13.3. The van der Waals surface area contributed by atoms with Gasteiger partial charge < -0.3 is 4.42 Å². The molecule has 2 nitrogen and oxygen atoms in total. The van der Waals surface area contributed by atoms with Crippen LogP contribution in [0, 0.1) is 12.7 Å².